The van der Waals surface area contributed by atoms with Crippen molar-refractivity contribution in [2.45, 2.75) is 25.5 Å². The smallest absolute Gasteiger partial charge is 0.251 e. The average molecular weight is 186 g/mol. The molecule has 0 saturated carbocycles. The molecule has 0 aromatic carbocycles. The Hall–Kier alpha value is -1.10. The number of aliphatic hydroxyl groups is 1. The lowest BCUT2D eigenvalue weighted by molar-refractivity contribution is -0.143. The third kappa shape index (κ3) is 1.98. The van der Waals surface area contributed by atoms with E-state index in [1.165, 1.54) is 18.9 Å². The maximum Gasteiger partial charge on any atom is 0.251 e. The summed E-state index contributed by atoms with van der Waals surface area (Å²) in [4.78, 5) is 23.7. The minimum absolute atomic E-state index is 0.142. The Labute approximate surface area is 76.7 Å². The number of carbonyl (C=O) groups excluding carboxylic acids is 2. The molecule has 1 aliphatic heterocycles. The maximum absolute atomic E-state index is 11.3. The van der Waals surface area contributed by atoms with Gasteiger partial charge in [0.1, 0.15) is 12.1 Å². The number of aliphatic hydroxyl groups excluding tert-OH is 1. The van der Waals surface area contributed by atoms with Crippen LogP contribution >= 0.6 is 0 Å². The zero-order valence-corrected chi connectivity index (χ0v) is 7.78. The molecule has 0 bridgehead atoms. The van der Waals surface area contributed by atoms with Crippen molar-refractivity contribution in [2.75, 3.05) is 13.6 Å². The summed E-state index contributed by atoms with van der Waals surface area (Å²) in [5, 5.41) is 11.6. The monoisotopic (exact) mass is 186 g/mol. The number of rotatable bonds is 2. The molecular formula is C8H14N2O3. The second-order valence-electron chi connectivity index (χ2n) is 3.22. The molecule has 1 unspecified atom stereocenters. The lowest BCUT2D eigenvalue weighted by Crippen LogP contribution is -2.45. The Morgan fingerprint density at radius 2 is 2.38 bits per heavy atom. The van der Waals surface area contributed by atoms with E-state index in [1.807, 2.05) is 0 Å². The summed E-state index contributed by atoms with van der Waals surface area (Å²) in [6, 6.07) is -0.415. The maximum atomic E-state index is 11.3. The van der Waals surface area contributed by atoms with E-state index in [0.29, 0.717) is 13.0 Å². The van der Waals surface area contributed by atoms with Gasteiger partial charge in [-0.1, -0.05) is 0 Å². The van der Waals surface area contributed by atoms with Gasteiger partial charge in [0, 0.05) is 13.6 Å². The van der Waals surface area contributed by atoms with Crippen LogP contribution in [0.1, 0.15) is 13.3 Å². The minimum Gasteiger partial charge on any atom is -0.384 e. The first-order valence-corrected chi connectivity index (χ1v) is 4.26. The molecule has 2 atom stereocenters. The van der Waals surface area contributed by atoms with Gasteiger partial charge >= 0.3 is 0 Å². The van der Waals surface area contributed by atoms with Crippen LogP contribution < -0.4 is 5.32 Å². The van der Waals surface area contributed by atoms with E-state index in [-0.39, 0.29) is 5.91 Å². The fourth-order valence-electron chi connectivity index (χ4n) is 1.40. The van der Waals surface area contributed by atoms with Gasteiger partial charge in [0.2, 0.25) is 5.91 Å². The second kappa shape index (κ2) is 3.74. The van der Waals surface area contributed by atoms with Crippen LogP contribution in [0.4, 0.5) is 0 Å². The second-order valence-corrected chi connectivity index (χ2v) is 3.22. The number of nitrogens with zero attached hydrogens (tertiary/aromatic N) is 1. The van der Waals surface area contributed by atoms with Gasteiger partial charge in [0.15, 0.2) is 0 Å². The number of carbonyl (C=O) groups is 2. The summed E-state index contributed by atoms with van der Waals surface area (Å²) in [6.07, 6.45) is -0.424. The zero-order chi connectivity index (χ0) is 10.0. The largest absolute Gasteiger partial charge is 0.384 e. The first kappa shape index (κ1) is 9.98. The van der Waals surface area contributed by atoms with Crippen LogP contribution in [0.2, 0.25) is 0 Å². The van der Waals surface area contributed by atoms with Gasteiger partial charge in [-0.25, -0.2) is 0 Å². The lowest BCUT2D eigenvalue weighted by Gasteiger charge is -2.23. The molecule has 13 heavy (non-hydrogen) atoms. The van der Waals surface area contributed by atoms with Crippen LogP contribution in [0.25, 0.3) is 0 Å². The van der Waals surface area contributed by atoms with Crippen molar-refractivity contribution < 1.29 is 14.7 Å². The Kier molecular flexibility index (Phi) is 2.87. The van der Waals surface area contributed by atoms with Gasteiger partial charge in [0.25, 0.3) is 5.91 Å². The fourth-order valence-corrected chi connectivity index (χ4v) is 1.40. The Morgan fingerprint density at radius 3 is 2.77 bits per heavy atom. The first-order valence-electron chi connectivity index (χ1n) is 4.26. The minimum atomic E-state index is -1.04. The van der Waals surface area contributed by atoms with E-state index >= 15 is 0 Å². The van der Waals surface area contributed by atoms with Gasteiger partial charge in [-0.15, -0.1) is 0 Å². The molecule has 2 amide bonds. The zero-order valence-electron chi connectivity index (χ0n) is 7.78. The van der Waals surface area contributed by atoms with Crippen molar-refractivity contribution in [2.24, 2.45) is 0 Å². The van der Waals surface area contributed by atoms with Gasteiger partial charge in [-0.2, -0.15) is 0 Å². The highest BCUT2D eigenvalue weighted by molar-refractivity contribution is 5.90. The van der Waals surface area contributed by atoms with E-state index in [4.69, 9.17) is 5.11 Å². The molecule has 5 nitrogen and oxygen atoms in total. The SMILES string of the molecule is C[C@H](O)C(=O)N(C)C1CCNC1=O. The lowest BCUT2D eigenvalue weighted by atomic mass is 10.2. The van der Waals surface area contributed by atoms with E-state index in [2.05, 4.69) is 5.32 Å². The van der Waals surface area contributed by atoms with Crippen LogP contribution in [-0.2, 0) is 9.59 Å². The van der Waals surface area contributed by atoms with E-state index in [0.717, 1.165) is 0 Å². The Balaban J connectivity index is 2.61. The number of hydrogen-bond donors (Lipinski definition) is 2. The van der Waals surface area contributed by atoms with Crippen LogP contribution in [0.15, 0.2) is 0 Å². The molecule has 1 aliphatic rings. The van der Waals surface area contributed by atoms with Gasteiger partial charge in [-0.3, -0.25) is 9.59 Å². The molecule has 1 heterocycles. The normalized spacial score (nSPS) is 23.9. The van der Waals surface area contributed by atoms with E-state index < -0.39 is 18.1 Å². The molecule has 1 saturated heterocycles. The number of amides is 2. The average Bonchev–Trinajstić information content (AvgIpc) is 2.48. The molecular weight excluding hydrogens is 172 g/mol. The first-order chi connectivity index (χ1) is 6.04. The molecule has 0 aliphatic carbocycles. The molecule has 0 aromatic rings. The van der Waals surface area contributed by atoms with Crippen LogP contribution in [-0.4, -0.2) is 47.6 Å². The topological polar surface area (TPSA) is 69.6 Å². The van der Waals surface area contributed by atoms with Crippen molar-refractivity contribution in [3.8, 4) is 0 Å². The fraction of sp³-hybridized carbons (Fsp3) is 0.750. The molecule has 0 aromatic heterocycles. The summed E-state index contributed by atoms with van der Waals surface area (Å²) >= 11 is 0. The summed E-state index contributed by atoms with van der Waals surface area (Å²) in [7, 11) is 1.53. The van der Waals surface area contributed by atoms with Gasteiger partial charge < -0.3 is 15.3 Å². The molecule has 1 fully saturated rings. The van der Waals surface area contributed by atoms with Crippen molar-refractivity contribution >= 4 is 11.8 Å². The third-order valence-electron chi connectivity index (χ3n) is 2.19. The van der Waals surface area contributed by atoms with Crippen molar-refractivity contribution in [1.29, 1.82) is 0 Å². The summed E-state index contributed by atoms with van der Waals surface area (Å²) < 4.78 is 0. The Morgan fingerprint density at radius 1 is 1.77 bits per heavy atom. The summed E-state index contributed by atoms with van der Waals surface area (Å²) in [6.45, 7) is 1.99. The van der Waals surface area contributed by atoms with Crippen molar-refractivity contribution in [1.82, 2.24) is 10.2 Å². The third-order valence-corrected chi connectivity index (χ3v) is 2.19. The van der Waals surface area contributed by atoms with Crippen LogP contribution in [0.3, 0.4) is 0 Å². The van der Waals surface area contributed by atoms with Crippen LogP contribution in [0, 0.1) is 0 Å². The predicted molar refractivity (Wildman–Crippen MR) is 45.9 cm³/mol. The summed E-state index contributed by atoms with van der Waals surface area (Å²) in [5.74, 6) is -0.557. The molecule has 1 rings (SSSR count). The predicted octanol–water partition coefficient (Wildman–Crippen LogP) is -1.29. The van der Waals surface area contributed by atoms with E-state index in [1.54, 1.807) is 0 Å². The molecule has 74 valence electrons. The highest BCUT2D eigenvalue weighted by atomic mass is 16.3. The quantitative estimate of drug-likeness (QED) is 0.564. The highest BCUT2D eigenvalue weighted by Gasteiger charge is 2.31. The molecule has 0 radical (unpaired) electrons. The molecule has 0 spiro atoms. The number of likely N-dealkylation sites (N-methyl/N-ethyl adjacent to an activating group) is 1. The van der Waals surface area contributed by atoms with Gasteiger partial charge in [-0.05, 0) is 13.3 Å². The molecule has 5 heteroatoms. The molecule has 2 N–H and O–H groups in total. The van der Waals surface area contributed by atoms with Gasteiger partial charge in [0.05, 0.1) is 0 Å². The number of nitrogens with one attached hydrogen (secondary N) is 1. The highest BCUT2D eigenvalue weighted by Crippen LogP contribution is 2.08. The van der Waals surface area contributed by atoms with Crippen molar-refractivity contribution in [3.05, 3.63) is 0 Å². The Bertz CT molecular complexity index is 227. The van der Waals surface area contributed by atoms with Crippen molar-refractivity contribution in [3.63, 3.8) is 0 Å². The van der Waals surface area contributed by atoms with E-state index in [9.17, 15) is 9.59 Å². The number of hydrogen-bond acceptors (Lipinski definition) is 3. The summed E-state index contributed by atoms with van der Waals surface area (Å²) in [5.41, 5.74) is 0. The van der Waals surface area contributed by atoms with Crippen LogP contribution in [0.5, 0.6) is 0 Å². The standard InChI is InChI=1S/C8H14N2O3/c1-5(11)8(13)10(2)6-3-4-9-7(6)12/h5-6,11H,3-4H2,1-2H3,(H,9,12)/t5-,6?/m0/s1.